The molecular formula is C15H17NO4. The third-order valence-corrected chi connectivity index (χ3v) is 3.98. The topological polar surface area (TPSA) is 61.4 Å². The van der Waals surface area contributed by atoms with Gasteiger partial charge in [0, 0.05) is 18.7 Å². The van der Waals surface area contributed by atoms with Gasteiger partial charge in [-0.05, 0) is 38.5 Å². The maximum Gasteiger partial charge on any atom is 0.419 e. The highest BCUT2D eigenvalue weighted by Gasteiger charge is 2.31. The molecule has 1 fully saturated rings. The first-order chi connectivity index (χ1) is 9.61. The lowest BCUT2D eigenvalue weighted by atomic mass is 9.92. The van der Waals surface area contributed by atoms with Crippen molar-refractivity contribution >= 4 is 16.9 Å². The van der Waals surface area contributed by atoms with Crippen molar-refractivity contribution < 1.29 is 13.9 Å². The normalized spacial score (nSPS) is 22.5. The number of oxazole rings is 1. The number of nitrogens with zero attached hydrogens (tertiary/aromatic N) is 1. The minimum absolute atomic E-state index is 0.0505. The van der Waals surface area contributed by atoms with Crippen molar-refractivity contribution in [1.82, 2.24) is 4.57 Å². The molecule has 2 heterocycles. The van der Waals surface area contributed by atoms with E-state index in [1.807, 2.05) is 13.8 Å². The zero-order chi connectivity index (χ0) is 14.3. The second kappa shape index (κ2) is 4.90. The fourth-order valence-electron chi connectivity index (χ4n) is 2.81. The SMILES string of the molecule is CCn1c(=O)oc2cc(C(=O)C3CCOC3C)ccc21. The van der Waals surface area contributed by atoms with E-state index in [2.05, 4.69) is 0 Å². The van der Waals surface area contributed by atoms with E-state index in [-0.39, 0.29) is 23.6 Å². The summed E-state index contributed by atoms with van der Waals surface area (Å²) in [6.45, 7) is 4.97. The summed E-state index contributed by atoms with van der Waals surface area (Å²) >= 11 is 0. The molecule has 0 spiro atoms. The van der Waals surface area contributed by atoms with Gasteiger partial charge in [0.15, 0.2) is 11.4 Å². The molecule has 1 aliphatic rings. The highest BCUT2D eigenvalue weighted by atomic mass is 16.5. The van der Waals surface area contributed by atoms with Gasteiger partial charge in [-0.15, -0.1) is 0 Å². The Balaban J connectivity index is 2.01. The Labute approximate surface area is 116 Å². The molecule has 2 unspecified atom stereocenters. The van der Waals surface area contributed by atoms with Gasteiger partial charge in [-0.1, -0.05) is 0 Å². The molecule has 2 aromatic rings. The van der Waals surface area contributed by atoms with Gasteiger partial charge in [0.05, 0.1) is 17.5 Å². The second-order valence-electron chi connectivity index (χ2n) is 5.13. The largest absolute Gasteiger partial charge is 0.419 e. The van der Waals surface area contributed by atoms with E-state index in [1.54, 1.807) is 22.8 Å². The van der Waals surface area contributed by atoms with E-state index in [4.69, 9.17) is 9.15 Å². The van der Waals surface area contributed by atoms with Crippen molar-refractivity contribution in [2.45, 2.75) is 32.9 Å². The number of fused-ring (bicyclic) bond motifs is 1. The van der Waals surface area contributed by atoms with Crippen LogP contribution in [0, 0.1) is 5.92 Å². The minimum Gasteiger partial charge on any atom is -0.408 e. The Morgan fingerprint density at radius 2 is 2.25 bits per heavy atom. The van der Waals surface area contributed by atoms with Crippen molar-refractivity contribution in [3.05, 3.63) is 34.3 Å². The van der Waals surface area contributed by atoms with Crippen LogP contribution in [0.15, 0.2) is 27.4 Å². The summed E-state index contributed by atoms with van der Waals surface area (Å²) in [4.78, 5) is 24.1. The molecule has 0 N–H and O–H groups in total. The van der Waals surface area contributed by atoms with Crippen LogP contribution in [0.5, 0.6) is 0 Å². The Morgan fingerprint density at radius 3 is 2.90 bits per heavy atom. The van der Waals surface area contributed by atoms with Gasteiger partial charge < -0.3 is 9.15 Å². The lowest BCUT2D eigenvalue weighted by Gasteiger charge is -2.12. The van der Waals surface area contributed by atoms with Crippen molar-refractivity contribution in [3.63, 3.8) is 0 Å². The maximum atomic E-state index is 12.5. The van der Waals surface area contributed by atoms with E-state index in [1.165, 1.54) is 0 Å². The van der Waals surface area contributed by atoms with Gasteiger partial charge in [-0.25, -0.2) is 4.79 Å². The molecule has 1 aromatic carbocycles. The van der Waals surface area contributed by atoms with Crippen LogP contribution in [-0.4, -0.2) is 23.1 Å². The molecule has 3 rings (SSSR count). The average Bonchev–Trinajstić information content (AvgIpc) is 2.99. The monoisotopic (exact) mass is 275 g/mol. The predicted octanol–water partition coefficient (Wildman–Crippen LogP) is 2.22. The summed E-state index contributed by atoms with van der Waals surface area (Å²) in [5.74, 6) is -0.430. The van der Waals surface area contributed by atoms with Crippen LogP contribution < -0.4 is 5.76 Å². The van der Waals surface area contributed by atoms with Crippen LogP contribution in [0.25, 0.3) is 11.1 Å². The number of benzene rings is 1. The standard InChI is InChI=1S/C15H17NO4/c1-3-16-12-5-4-10(8-13(12)20-15(16)18)14(17)11-6-7-19-9(11)2/h4-5,8-9,11H,3,6-7H2,1-2H3. The smallest absolute Gasteiger partial charge is 0.408 e. The lowest BCUT2D eigenvalue weighted by molar-refractivity contribution is 0.0764. The molecule has 1 aliphatic heterocycles. The summed E-state index contributed by atoms with van der Waals surface area (Å²) in [6.07, 6.45) is 0.697. The summed E-state index contributed by atoms with van der Waals surface area (Å²) in [7, 11) is 0. The Hall–Kier alpha value is -1.88. The van der Waals surface area contributed by atoms with E-state index in [0.29, 0.717) is 24.3 Å². The molecule has 2 atom stereocenters. The number of rotatable bonds is 3. The molecular weight excluding hydrogens is 258 g/mol. The number of carbonyl (C=O) groups is 1. The van der Waals surface area contributed by atoms with Crippen LogP contribution in [0.3, 0.4) is 0 Å². The average molecular weight is 275 g/mol. The molecule has 5 nitrogen and oxygen atoms in total. The van der Waals surface area contributed by atoms with Crippen LogP contribution in [0.1, 0.15) is 30.6 Å². The molecule has 0 radical (unpaired) electrons. The van der Waals surface area contributed by atoms with Crippen molar-refractivity contribution in [3.8, 4) is 0 Å². The van der Waals surface area contributed by atoms with Gasteiger partial charge in [0.25, 0.3) is 0 Å². The molecule has 0 bridgehead atoms. The Bertz CT molecular complexity index is 712. The third kappa shape index (κ3) is 1.98. The summed E-state index contributed by atoms with van der Waals surface area (Å²) in [5.41, 5.74) is 1.77. The number of aryl methyl sites for hydroxylation is 1. The molecule has 1 saturated heterocycles. The van der Waals surface area contributed by atoms with E-state index < -0.39 is 0 Å². The molecule has 5 heteroatoms. The van der Waals surface area contributed by atoms with Crippen molar-refractivity contribution in [2.24, 2.45) is 5.92 Å². The third-order valence-electron chi connectivity index (χ3n) is 3.98. The molecule has 20 heavy (non-hydrogen) atoms. The van der Waals surface area contributed by atoms with Gasteiger partial charge in [0.1, 0.15) is 0 Å². The number of Topliss-reactive ketones (excluding diaryl/α,β-unsaturated/α-hetero) is 1. The first-order valence-electron chi connectivity index (χ1n) is 6.91. The number of hydrogen-bond donors (Lipinski definition) is 0. The molecule has 0 aliphatic carbocycles. The maximum absolute atomic E-state index is 12.5. The van der Waals surface area contributed by atoms with Crippen molar-refractivity contribution in [1.29, 1.82) is 0 Å². The fourth-order valence-corrected chi connectivity index (χ4v) is 2.81. The number of carbonyl (C=O) groups excluding carboxylic acids is 1. The number of hydrogen-bond acceptors (Lipinski definition) is 4. The van der Waals surface area contributed by atoms with Gasteiger partial charge in [-0.3, -0.25) is 9.36 Å². The molecule has 0 saturated carbocycles. The number of aromatic nitrogens is 1. The lowest BCUT2D eigenvalue weighted by Crippen LogP contribution is -2.21. The van der Waals surface area contributed by atoms with Gasteiger partial charge >= 0.3 is 5.76 Å². The summed E-state index contributed by atoms with van der Waals surface area (Å²) < 4.78 is 12.2. The van der Waals surface area contributed by atoms with Gasteiger partial charge in [0.2, 0.25) is 0 Å². The molecule has 1 aromatic heterocycles. The Morgan fingerprint density at radius 1 is 1.45 bits per heavy atom. The zero-order valence-electron chi connectivity index (χ0n) is 11.6. The van der Waals surface area contributed by atoms with E-state index in [0.717, 1.165) is 11.9 Å². The Kier molecular flexibility index (Phi) is 3.22. The van der Waals surface area contributed by atoms with Crippen LogP contribution in [0.4, 0.5) is 0 Å². The quantitative estimate of drug-likeness (QED) is 0.806. The van der Waals surface area contributed by atoms with E-state index in [9.17, 15) is 9.59 Å². The summed E-state index contributed by atoms with van der Waals surface area (Å²) in [5, 5.41) is 0. The molecule has 106 valence electrons. The van der Waals surface area contributed by atoms with Crippen LogP contribution in [0.2, 0.25) is 0 Å². The van der Waals surface area contributed by atoms with Gasteiger partial charge in [-0.2, -0.15) is 0 Å². The highest BCUT2D eigenvalue weighted by Crippen LogP contribution is 2.26. The van der Waals surface area contributed by atoms with E-state index >= 15 is 0 Å². The van der Waals surface area contributed by atoms with Crippen LogP contribution >= 0.6 is 0 Å². The first kappa shape index (κ1) is 13.1. The predicted molar refractivity (Wildman–Crippen MR) is 74.0 cm³/mol. The fraction of sp³-hybridized carbons (Fsp3) is 0.467. The summed E-state index contributed by atoms with van der Waals surface area (Å²) in [6, 6.07) is 5.20. The first-order valence-corrected chi connectivity index (χ1v) is 6.91. The second-order valence-corrected chi connectivity index (χ2v) is 5.13. The molecule has 0 amide bonds. The number of ether oxygens (including phenoxy) is 1. The van der Waals surface area contributed by atoms with Crippen LogP contribution in [-0.2, 0) is 11.3 Å². The number of ketones is 1. The highest BCUT2D eigenvalue weighted by molar-refractivity contribution is 6.00. The zero-order valence-corrected chi connectivity index (χ0v) is 11.6. The van der Waals surface area contributed by atoms with Crippen molar-refractivity contribution in [2.75, 3.05) is 6.61 Å². The minimum atomic E-state index is -0.385.